The van der Waals surface area contributed by atoms with Crippen LogP contribution in [0.5, 0.6) is 0 Å². The van der Waals surface area contributed by atoms with Crippen LogP contribution in [0.2, 0.25) is 0 Å². The Hall–Kier alpha value is -0.805. The van der Waals surface area contributed by atoms with Gasteiger partial charge >= 0.3 is 13.1 Å². The van der Waals surface area contributed by atoms with E-state index in [1.807, 2.05) is 6.92 Å². The molecule has 1 heterocycles. The molecule has 4 nitrogen and oxygen atoms in total. The lowest BCUT2D eigenvalue weighted by atomic mass is 9.65. The molecule has 2 atom stereocenters. The molecule has 0 aromatic carbocycles. The maximum atomic E-state index is 11.9. The van der Waals surface area contributed by atoms with Crippen molar-refractivity contribution in [1.29, 1.82) is 0 Å². The van der Waals surface area contributed by atoms with Crippen molar-refractivity contribution in [2.75, 3.05) is 6.61 Å². The number of allylic oxidation sites excluding steroid dienone is 2. The minimum atomic E-state index is -0.323. The van der Waals surface area contributed by atoms with Gasteiger partial charge in [-0.05, 0) is 58.9 Å². The van der Waals surface area contributed by atoms with E-state index >= 15 is 0 Å². The molecule has 0 unspecified atom stereocenters. The molecule has 2 rings (SSSR count). The summed E-state index contributed by atoms with van der Waals surface area (Å²) in [6.45, 7) is 12.6. The molecule has 0 saturated carbocycles. The van der Waals surface area contributed by atoms with E-state index in [4.69, 9.17) is 14.0 Å². The fourth-order valence-electron chi connectivity index (χ4n) is 2.90. The van der Waals surface area contributed by atoms with Gasteiger partial charge in [0.2, 0.25) is 0 Å². The molecule has 5 heteroatoms. The first-order valence-corrected chi connectivity index (χ1v) is 7.90. The Balaban J connectivity index is 2.08. The van der Waals surface area contributed by atoms with Gasteiger partial charge in [-0.3, -0.25) is 4.79 Å². The standard InChI is InChI=1S/C16H27BO4/c1-7-19-14(18)12-8-9-13(11(2)10-12)17-20-15(3,4)16(5,6)21-17/h9,11-12H,7-8,10H2,1-6H3/t11-,12+/m1/s1. The number of hydrogen-bond donors (Lipinski definition) is 0. The fourth-order valence-corrected chi connectivity index (χ4v) is 2.90. The molecule has 21 heavy (non-hydrogen) atoms. The van der Waals surface area contributed by atoms with Gasteiger partial charge in [0.25, 0.3) is 0 Å². The number of carbonyl (C=O) groups excluding carboxylic acids is 1. The SMILES string of the molecule is CCOC(=O)[C@H]1CC=C(B2OC(C)(C)C(C)(C)O2)[C@H](C)C1. The van der Waals surface area contributed by atoms with Crippen molar-refractivity contribution in [2.24, 2.45) is 11.8 Å². The van der Waals surface area contributed by atoms with Gasteiger partial charge in [0.1, 0.15) is 0 Å². The molecule has 1 saturated heterocycles. The molecule has 0 bridgehead atoms. The van der Waals surface area contributed by atoms with Gasteiger partial charge in [-0.1, -0.05) is 13.0 Å². The molecular weight excluding hydrogens is 267 g/mol. The van der Waals surface area contributed by atoms with Gasteiger partial charge in [-0.25, -0.2) is 0 Å². The topological polar surface area (TPSA) is 44.8 Å². The third-order valence-electron chi connectivity index (χ3n) is 4.99. The van der Waals surface area contributed by atoms with Gasteiger partial charge in [-0.15, -0.1) is 0 Å². The molecule has 0 radical (unpaired) electrons. The average Bonchev–Trinajstić information content (AvgIpc) is 2.58. The van der Waals surface area contributed by atoms with Crippen LogP contribution in [-0.2, 0) is 18.8 Å². The molecule has 0 aromatic heterocycles. The quantitative estimate of drug-likeness (QED) is 0.592. The Morgan fingerprint density at radius 2 is 1.90 bits per heavy atom. The molecule has 0 N–H and O–H groups in total. The zero-order chi connectivity index (χ0) is 15.8. The van der Waals surface area contributed by atoms with Crippen molar-refractivity contribution in [3.8, 4) is 0 Å². The number of ether oxygens (including phenoxy) is 1. The fraction of sp³-hybridized carbons (Fsp3) is 0.812. The van der Waals surface area contributed by atoms with E-state index in [0.717, 1.165) is 11.9 Å². The zero-order valence-electron chi connectivity index (χ0n) is 14.1. The van der Waals surface area contributed by atoms with Crippen LogP contribution >= 0.6 is 0 Å². The molecular formula is C16H27BO4. The highest BCUT2D eigenvalue weighted by atomic mass is 16.7. The van der Waals surface area contributed by atoms with Crippen molar-refractivity contribution in [3.63, 3.8) is 0 Å². The van der Waals surface area contributed by atoms with Crippen LogP contribution in [0.15, 0.2) is 11.5 Å². The largest absolute Gasteiger partial charge is 0.490 e. The van der Waals surface area contributed by atoms with Gasteiger partial charge in [0, 0.05) is 0 Å². The molecule has 2 aliphatic rings. The maximum absolute atomic E-state index is 11.9. The van der Waals surface area contributed by atoms with Crippen LogP contribution in [0.25, 0.3) is 0 Å². The summed E-state index contributed by atoms with van der Waals surface area (Å²) in [7, 11) is -0.298. The Kier molecular flexibility index (Phi) is 4.55. The molecule has 0 amide bonds. The molecule has 0 aromatic rings. The van der Waals surface area contributed by atoms with E-state index in [1.54, 1.807) is 0 Å². The lowest BCUT2D eigenvalue weighted by molar-refractivity contribution is -0.148. The van der Waals surface area contributed by atoms with Crippen LogP contribution in [-0.4, -0.2) is 30.9 Å². The van der Waals surface area contributed by atoms with E-state index in [2.05, 4.69) is 40.7 Å². The lowest BCUT2D eigenvalue weighted by Crippen LogP contribution is -2.41. The summed E-state index contributed by atoms with van der Waals surface area (Å²) < 4.78 is 17.3. The second kappa shape index (κ2) is 5.77. The second-order valence-corrected chi connectivity index (χ2v) is 7.11. The highest BCUT2D eigenvalue weighted by Gasteiger charge is 2.53. The third-order valence-corrected chi connectivity index (χ3v) is 4.99. The van der Waals surface area contributed by atoms with Crippen molar-refractivity contribution in [3.05, 3.63) is 11.5 Å². The van der Waals surface area contributed by atoms with E-state index in [-0.39, 0.29) is 36.1 Å². The Morgan fingerprint density at radius 1 is 1.33 bits per heavy atom. The van der Waals surface area contributed by atoms with Crippen molar-refractivity contribution in [1.82, 2.24) is 0 Å². The Labute approximate surface area is 128 Å². The van der Waals surface area contributed by atoms with E-state index in [9.17, 15) is 4.79 Å². The Morgan fingerprint density at radius 3 is 2.38 bits per heavy atom. The normalized spacial score (nSPS) is 31.0. The number of esters is 1. The minimum Gasteiger partial charge on any atom is -0.466 e. The second-order valence-electron chi connectivity index (χ2n) is 7.11. The number of rotatable bonds is 3. The third kappa shape index (κ3) is 3.19. The van der Waals surface area contributed by atoms with Crippen LogP contribution < -0.4 is 0 Å². The first kappa shape index (κ1) is 16.6. The molecule has 1 aliphatic heterocycles. The summed E-state index contributed by atoms with van der Waals surface area (Å²) in [6.07, 6.45) is 3.62. The number of carbonyl (C=O) groups is 1. The number of hydrogen-bond acceptors (Lipinski definition) is 4. The summed E-state index contributed by atoms with van der Waals surface area (Å²) in [5.41, 5.74) is 0.515. The predicted octanol–water partition coefficient (Wildman–Crippen LogP) is 3.15. The smallest absolute Gasteiger partial charge is 0.466 e. The van der Waals surface area contributed by atoms with Gasteiger partial charge < -0.3 is 14.0 Å². The highest BCUT2D eigenvalue weighted by molar-refractivity contribution is 6.54. The van der Waals surface area contributed by atoms with E-state index in [0.29, 0.717) is 13.0 Å². The van der Waals surface area contributed by atoms with Gasteiger partial charge in [-0.2, -0.15) is 0 Å². The van der Waals surface area contributed by atoms with Crippen molar-refractivity contribution < 1.29 is 18.8 Å². The summed E-state index contributed by atoms with van der Waals surface area (Å²) in [5, 5.41) is 0. The first-order valence-electron chi connectivity index (χ1n) is 7.90. The Bertz CT molecular complexity index is 426. The van der Waals surface area contributed by atoms with Gasteiger partial charge in [0.05, 0.1) is 23.7 Å². The maximum Gasteiger partial charge on any atom is 0.490 e. The van der Waals surface area contributed by atoms with Crippen LogP contribution in [0.1, 0.15) is 54.4 Å². The van der Waals surface area contributed by atoms with Crippen LogP contribution in [0, 0.1) is 11.8 Å². The summed E-state index contributed by atoms with van der Waals surface area (Å²) in [5.74, 6) is 0.141. The molecule has 1 fully saturated rings. The average molecular weight is 294 g/mol. The first-order chi connectivity index (χ1) is 9.68. The van der Waals surface area contributed by atoms with Gasteiger partial charge in [0.15, 0.2) is 0 Å². The predicted molar refractivity (Wildman–Crippen MR) is 82.7 cm³/mol. The van der Waals surface area contributed by atoms with Crippen molar-refractivity contribution in [2.45, 2.75) is 65.6 Å². The molecule has 1 aliphatic carbocycles. The summed E-state index contributed by atoms with van der Waals surface area (Å²) in [4.78, 5) is 11.9. The van der Waals surface area contributed by atoms with Crippen molar-refractivity contribution >= 4 is 13.1 Å². The monoisotopic (exact) mass is 294 g/mol. The summed E-state index contributed by atoms with van der Waals surface area (Å²) >= 11 is 0. The zero-order valence-corrected chi connectivity index (χ0v) is 14.1. The van der Waals surface area contributed by atoms with Crippen LogP contribution in [0.4, 0.5) is 0 Å². The van der Waals surface area contributed by atoms with E-state index in [1.165, 1.54) is 0 Å². The summed E-state index contributed by atoms with van der Waals surface area (Å²) in [6, 6.07) is 0. The van der Waals surface area contributed by atoms with E-state index < -0.39 is 0 Å². The molecule has 0 spiro atoms. The minimum absolute atomic E-state index is 0.0360. The van der Waals surface area contributed by atoms with Crippen LogP contribution in [0.3, 0.4) is 0 Å². The highest BCUT2D eigenvalue weighted by Crippen LogP contribution is 2.42. The molecule has 118 valence electrons. The lowest BCUT2D eigenvalue weighted by Gasteiger charge is -2.32.